The van der Waals surface area contributed by atoms with Crippen LogP contribution in [-0.2, 0) is 6.54 Å². The fraction of sp³-hybridized carbons (Fsp3) is 0.250. The molecule has 0 atom stereocenters. The third kappa shape index (κ3) is 4.09. The van der Waals surface area contributed by atoms with E-state index in [1.807, 2.05) is 12.1 Å². The molecule has 0 fully saturated rings. The number of halogens is 3. The first-order valence-electron chi connectivity index (χ1n) is 6.44. The van der Waals surface area contributed by atoms with Crippen LogP contribution in [0.5, 0.6) is 0 Å². The molecule has 2 aromatic carbocycles. The Bertz CT molecular complexity index is 568. The summed E-state index contributed by atoms with van der Waals surface area (Å²) in [5, 5.41) is 3.46. The molecule has 0 amide bonds. The van der Waals surface area contributed by atoms with Crippen molar-refractivity contribution in [2.45, 2.75) is 26.3 Å². The van der Waals surface area contributed by atoms with Gasteiger partial charge in [0.05, 0.1) is 5.69 Å². The molecule has 0 heterocycles. The minimum Gasteiger partial charge on any atom is -0.379 e. The van der Waals surface area contributed by atoms with Crippen LogP contribution in [-0.4, -0.2) is 0 Å². The molecule has 0 aliphatic carbocycles. The summed E-state index contributed by atoms with van der Waals surface area (Å²) in [6.07, 6.45) is 0. The zero-order valence-corrected chi connectivity index (χ0v) is 16.1. The maximum atomic E-state index is 3.58. The summed E-state index contributed by atoms with van der Waals surface area (Å²) in [6, 6.07) is 12.8. The highest BCUT2D eigenvalue weighted by Gasteiger charge is 2.06. The number of benzene rings is 2. The molecule has 2 aromatic rings. The van der Waals surface area contributed by atoms with E-state index in [0.29, 0.717) is 5.92 Å². The maximum Gasteiger partial charge on any atom is 0.0632 e. The second kappa shape index (κ2) is 7.10. The van der Waals surface area contributed by atoms with Crippen molar-refractivity contribution in [3.63, 3.8) is 0 Å². The van der Waals surface area contributed by atoms with Crippen LogP contribution in [0.4, 0.5) is 5.69 Å². The Kier molecular flexibility index (Phi) is 5.70. The molecule has 1 nitrogen and oxygen atoms in total. The fourth-order valence-corrected chi connectivity index (χ4v) is 4.46. The zero-order chi connectivity index (χ0) is 14.7. The predicted octanol–water partition coefficient (Wildman–Crippen LogP) is 6.71. The Hall–Kier alpha value is -0.320. The lowest BCUT2D eigenvalue weighted by Gasteiger charge is -2.12. The Morgan fingerprint density at radius 1 is 0.950 bits per heavy atom. The first-order chi connectivity index (χ1) is 9.47. The second-order valence-electron chi connectivity index (χ2n) is 4.99. The molecule has 0 saturated carbocycles. The molecule has 106 valence electrons. The topological polar surface area (TPSA) is 12.0 Å². The highest BCUT2D eigenvalue weighted by atomic mass is 79.9. The van der Waals surface area contributed by atoms with Crippen LogP contribution in [0.15, 0.2) is 49.8 Å². The Morgan fingerprint density at radius 3 is 2.00 bits per heavy atom. The molecular weight excluding hydrogens is 446 g/mol. The van der Waals surface area contributed by atoms with Crippen molar-refractivity contribution in [1.29, 1.82) is 0 Å². The molecule has 0 aromatic heterocycles. The van der Waals surface area contributed by atoms with E-state index in [-0.39, 0.29) is 0 Å². The summed E-state index contributed by atoms with van der Waals surface area (Å²) >= 11 is 10.6. The number of hydrogen-bond donors (Lipinski definition) is 1. The standard InChI is InChI=1S/C16H16Br3N/c1-10(2)12-5-3-11(4-6-12)9-20-16-14(18)7-13(17)8-15(16)19/h3-8,10,20H,9H2,1-2H3. The molecule has 0 saturated heterocycles. The van der Waals surface area contributed by atoms with Crippen LogP contribution >= 0.6 is 47.8 Å². The third-order valence-electron chi connectivity index (χ3n) is 3.12. The van der Waals surface area contributed by atoms with Crippen LogP contribution in [0.1, 0.15) is 30.9 Å². The van der Waals surface area contributed by atoms with Gasteiger partial charge in [-0.05, 0) is 61.0 Å². The number of rotatable bonds is 4. The van der Waals surface area contributed by atoms with Gasteiger partial charge in [0.1, 0.15) is 0 Å². The molecular formula is C16H16Br3N. The minimum atomic E-state index is 0.576. The van der Waals surface area contributed by atoms with Gasteiger partial charge in [-0.2, -0.15) is 0 Å². The lowest BCUT2D eigenvalue weighted by atomic mass is 10.0. The van der Waals surface area contributed by atoms with Gasteiger partial charge < -0.3 is 5.32 Å². The van der Waals surface area contributed by atoms with Gasteiger partial charge in [-0.25, -0.2) is 0 Å². The first-order valence-corrected chi connectivity index (χ1v) is 8.82. The van der Waals surface area contributed by atoms with Crippen molar-refractivity contribution in [2.75, 3.05) is 5.32 Å². The van der Waals surface area contributed by atoms with Gasteiger partial charge in [-0.15, -0.1) is 0 Å². The summed E-state index contributed by atoms with van der Waals surface area (Å²) in [4.78, 5) is 0. The molecule has 0 bridgehead atoms. The largest absolute Gasteiger partial charge is 0.379 e. The van der Waals surface area contributed by atoms with Crippen LogP contribution in [0.3, 0.4) is 0 Å². The highest BCUT2D eigenvalue weighted by molar-refractivity contribution is 9.11. The van der Waals surface area contributed by atoms with E-state index in [2.05, 4.69) is 91.2 Å². The molecule has 2 rings (SSSR count). The smallest absolute Gasteiger partial charge is 0.0632 e. The fourth-order valence-electron chi connectivity index (χ4n) is 1.92. The van der Waals surface area contributed by atoms with Gasteiger partial charge in [0, 0.05) is 20.0 Å². The van der Waals surface area contributed by atoms with Gasteiger partial charge in [0.25, 0.3) is 0 Å². The molecule has 0 aliphatic rings. The second-order valence-corrected chi connectivity index (χ2v) is 7.62. The van der Waals surface area contributed by atoms with Gasteiger partial charge in [0.15, 0.2) is 0 Å². The van der Waals surface area contributed by atoms with Gasteiger partial charge in [0.2, 0.25) is 0 Å². The van der Waals surface area contributed by atoms with Crippen LogP contribution in [0.2, 0.25) is 0 Å². The minimum absolute atomic E-state index is 0.576. The molecule has 0 radical (unpaired) electrons. The van der Waals surface area contributed by atoms with E-state index in [1.54, 1.807) is 0 Å². The van der Waals surface area contributed by atoms with Crippen molar-refractivity contribution in [1.82, 2.24) is 0 Å². The van der Waals surface area contributed by atoms with E-state index in [9.17, 15) is 0 Å². The average Bonchev–Trinajstić information content (AvgIpc) is 2.38. The zero-order valence-electron chi connectivity index (χ0n) is 11.4. The molecule has 20 heavy (non-hydrogen) atoms. The van der Waals surface area contributed by atoms with Gasteiger partial charge >= 0.3 is 0 Å². The SMILES string of the molecule is CC(C)c1ccc(CNc2c(Br)cc(Br)cc2Br)cc1. The lowest BCUT2D eigenvalue weighted by Crippen LogP contribution is -2.01. The molecule has 1 N–H and O–H groups in total. The van der Waals surface area contributed by atoms with Gasteiger partial charge in [-0.3, -0.25) is 0 Å². The Balaban J connectivity index is 2.09. The number of nitrogens with one attached hydrogen (secondary N) is 1. The summed E-state index contributed by atoms with van der Waals surface area (Å²) in [5.41, 5.74) is 3.72. The van der Waals surface area contributed by atoms with E-state index >= 15 is 0 Å². The first kappa shape index (κ1) is 16.1. The van der Waals surface area contributed by atoms with Crippen molar-refractivity contribution in [3.8, 4) is 0 Å². The molecule has 4 heteroatoms. The highest BCUT2D eigenvalue weighted by Crippen LogP contribution is 2.34. The lowest BCUT2D eigenvalue weighted by molar-refractivity contribution is 0.865. The summed E-state index contributed by atoms with van der Waals surface area (Å²) in [6.45, 7) is 5.23. The normalized spacial score (nSPS) is 10.9. The Morgan fingerprint density at radius 2 is 1.50 bits per heavy atom. The van der Waals surface area contributed by atoms with E-state index < -0.39 is 0 Å². The van der Waals surface area contributed by atoms with Crippen LogP contribution < -0.4 is 5.32 Å². The quantitative estimate of drug-likeness (QED) is 0.533. The monoisotopic (exact) mass is 459 g/mol. The van der Waals surface area contributed by atoms with E-state index in [1.165, 1.54) is 11.1 Å². The number of anilines is 1. The molecule has 0 aliphatic heterocycles. The van der Waals surface area contributed by atoms with Crippen molar-refractivity contribution >= 4 is 53.5 Å². The Labute approximate surface area is 145 Å². The van der Waals surface area contributed by atoms with Crippen molar-refractivity contribution in [3.05, 3.63) is 60.9 Å². The molecule has 0 spiro atoms. The van der Waals surface area contributed by atoms with Crippen LogP contribution in [0.25, 0.3) is 0 Å². The summed E-state index contributed by atoms with van der Waals surface area (Å²) in [5.74, 6) is 0.576. The third-order valence-corrected chi connectivity index (χ3v) is 4.83. The van der Waals surface area contributed by atoms with E-state index in [4.69, 9.17) is 0 Å². The summed E-state index contributed by atoms with van der Waals surface area (Å²) in [7, 11) is 0. The number of hydrogen-bond acceptors (Lipinski definition) is 1. The summed E-state index contributed by atoms with van der Waals surface area (Å²) < 4.78 is 3.12. The van der Waals surface area contributed by atoms with E-state index in [0.717, 1.165) is 25.7 Å². The maximum absolute atomic E-state index is 3.58. The van der Waals surface area contributed by atoms with Crippen molar-refractivity contribution in [2.24, 2.45) is 0 Å². The predicted molar refractivity (Wildman–Crippen MR) is 97.4 cm³/mol. The molecule has 0 unspecified atom stereocenters. The average molecular weight is 462 g/mol. The van der Waals surface area contributed by atoms with Gasteiger partial charge in [-0.1, -0.05) is 54.0 Å². The van der Waals surface area contributed by atoms with Crippen LogP contribution in [0, 0.1) is 0 Å². The van der Waals surface area contributed by atoms with Crippen molar-refractivity contribution < 1.29 is 0 Å².